The van der Waals surface area contributed by atoms with E-state index in [1.165, 1.54) is 0 Å². The highest BCUT2D eigenvalue weighted by molar-refractivity contribution is 6.34. The van der Waals surface area contributed by atoms with Gasteiger partial charge in [0, 0.05) is 0 Å². The van der Waals surface area contributed by atoms with Gasteiger partial charge in [0.25, 0.3) is 0 Å². The third kappa shape index (κ3) is 5.08. The summed E-state index contributed by atoms with van der Waals surface area (Å²) in [5.41, 5.74) is 1.63. The van der Waals surface area contributed by atoms with E-state index in [0.717, 1.165) is 28.2 Å². The van der Waals surface area contributed by atoms with Gasteiger partial charge in [0.1, 0.15) is 35.4 Å². The summed E-state index contributed by atoms with van der Waals surface area (Å²) in [5, 5.41) is 24.0. The Morgan fingerprint density at radius 2 is 1.31 bits per heavy atom. The van der Waals surface area contributed by atoms with Crippen LogP contribution < -0.4 is 14.7 Å². The van der Waals surface area contributed by atoms with Gasteiger partial charge < -0.3 is 34.4 Å². The van der Waals surface area contributed by atoms with Crippen LogP contribution in [0.4, 0.5) is 0 Å². The van der Waals surface area contributed by atoms with Gasteiger partial charge in [-0.05, 0) is 48.0 Å². The van der Waals surface area contributed by atoms with E-state index >= 15 is 0 Å². The number of ether oxygens (including phenoxy) is 4. The van der Waals surface area contributed by atoms with Crippen LogP contribution in [0.25, 0.3) is 0 Å². The molecule has 1 unspecified atom stereocenters. The summed E-state index contributed by atoms with van der Waals surface area (Å²) in [6, 6.07) is 24.7. The lowest BCUT2D eigenvalue weighted by atomic mass is 9.80. The largest absolute Gasteiger partial charge is 0.497 e. The number of aliphatic hydroxyl groups is 2. The van der Waals surface area contributed by atoms with E-state index in [0.29, 0.717) is 0 Å². The van der Waals surface area contributed by atoms with E-state index in [1.807, 2.05) is 78.9 Å². The van der Waals surface area contributed by atoms with Crippen molar-refractivity contribution in [1.82, 2.24) is 5.23 Å². The summed E-state index contributed by atoms with van der Waals surface area (Å²) in [7, 11) is 6.59. The van der Waals surface area contributed by atoms with Gasteiger partial charge in [-0.3, -0.25) is 0 Å². The molecule has 1 saturated heterocycles. The zero-order chi connectivity index (χ0) is 24.8. The second-order valence-corrected chi connectivity index (χ2v) is 8.39. The lowest BCUT2D eigenvalue weighted by Gasteiger charge is -2.37. The van der Waals surface area contributed by atoms with Gasteiger partial charge in [-0.25, -0.2) is 0 Å². The van der Waals surface area contributed by atoms with Crippen molar-refractivity contribution >= 4 is 7.41 Å². The van der Waals surface area contributed by atoms with Crippen molar-refractivity contribution in [2.45, 2.75) is 29.9 Å². The molecule has 1 radical (unpaired) electrons. The number of methoxy groups -OCH3 is 2. The number of aliphatic hydroxyl groups excluding tert-OH is 2. The maximum atomic E-state index is 10.7. The number of benzene rings is 3. The fraction of sp³-hybridized carbons (Fsp3) is 0.333. The first-order chi connectivity index (χ1) is 17.0. The summed E-state index contributed by atoms with van der Waals surface area (Å²) in [6.07, 6.45) is -2.87. The van der Waals surface area contributed by atoms with Gasteiger partial charge >= 0.3 is 0 Å². The quantitative estimate of drug-likeness (QED) is 0.306. The summed E-state index contributed by atoms with van der Waals surface area (Å²) in [4.78, 5) is 0. The van der Waals surface area contributed by atoms with Crippen LogP contribution in [0.2, 0.25) is 0 Å². The Bertz CT molecular complexity index is 1020. The van der Waals surface area contributed by atoms with Crippen LogP contribution in [0.5, 0.6) is 11.5 Å². The molecule has 7 nitrogen and oxygen atoms in total. The number of nitrogens with one attached hydrogen (secondary N) is 1. The molecule has 3 aromatic rings. The maximum Gasteiger partial charge on any atom is 0.244 e. The molecular weight excluding hydrogens is 445 g/mol. The minimum Gasteiger partial charge on any atom is -0.497 e. The zero-order valence-electron chi connectivity index (χ0n) is 20.1. The average Bonchev–Trinajstić information content (AvgIpc) is 3.18. The highest BCUT2D eigenvalue weighted by Crippen LogP contribution is 2.42. The minimum atomic E-state index is -1.09. The molecule has 1 aliphatic heterocycles. The minimum absolute atomic E-state index is 0.0409. The Kier molecular flexibility index (Phi) is 8.10. The first-order valence-electron chi connectivity index (χ1n) is 11.5. The fourth-order valence-corrected chi connectivity index (χ4v) is 4.50. The molecule has 0 bridgehead atoms. The van der Waals surface area contributed by atoms with Crippen molar-refractivity contribution < 1.29 is 29.2 Å². The fourth-order valence-electron chi connectivity index (χ4n) is 4.50. The summed E-state index contributed by atoms with van der Waals surface area (Å²) in [6.45, 7) is 0.0409. The lowest BCUT2D eigenvalue weighted by Crippen LogP contribution is -2.40. The van der Waals surface area contributed by atoms with Crippen molar-refractivity contribution in [2.24, 2.45) is 0 Å². The smallest absolute Gasteiger partial charge is 0.244 e. The molecule has 4 atom stereocenters. The van der Waals surface area contributed by atoms with Crippen LogP contribution in [0.3, 0.4) is 0 Å². The molecule has 0 amide bonds. The van der Waals surface area contributed by atoms with Gasteiger partial charge in [-0.2, -0.15) is 0 Å². The van der Waals surface area contributed by atoms with Crippen molar-refractivity contribution in [3.05, 3.63) is 95.6 Å². The molecule has 4 rings (SSSR count). The molecule has 8 heteroatoms. The lowest BCUT2D eigenvalue weighted by molar-refractivity contribution is -0.0755. The second kappa shape index (κ2) is 11.2. The van der Waals surface area contributed by atoms with E-state index in [9.17, 15) is 10.2 Å². The summed E-state index contributed by atoms with van der Waals surface area (Å²) < 4.78 is 23.4. The number of hydrogen-bond donors (Lipinski definition) is 3. The summed E-state index contributed by atoms with van der Waals surface area (Å²) >= 11 is 0. The van der Waals surface area contributed by atoms with E-state index < -0.39 is 29.9 Å². The maximum absolute atomic E-state index is 10.7. The van der Waals surface area contributed by atoms with Crippen molar-refractivity contribution in [3.8, 4) is 11.5 Å². The normalized spacial score (nSPS) is 22.1. The predicted molar refractivity (Wildman–Crippen MR) is 134 cm³/mol. The standard InChI is InChI=1S/C27H31BNO6/c1-29-28-26-25(31)24(30)23(35-26)17-34-27(18-7-5-4-6-8-18,19-9-13-21(32-2)14-10-19)20-11-15-22(33-3)16-12-20/h4-16,23-26,29-31H,17H2,1-3H3/t23-,24+,25?,26-/m1/s1. The SMILES string of the molecule is CN[B][C@@H]1O[C@H](COC(c2ccccc2)(c2ccc(OC)cc2)c2ccc(OC)cc2)[C@H](O)C1O. The van der Waals surface area contributed by atoms with Crippen LogP contribution in [0, 0.1) is 0 Å². The Hall–Kier alpha value is -2.88. The van der Waals surface area contributed by atoms with E-state index in [1.54, 1.807) is 28.7 Å². The Morgan fingerprint density at radius 3 is 1.80 bits per heavy atom. The molecule has 1 aliphatic rings. The van der Waals surface area contributed by atoms with Gasteiger partial charge in [0.05, 0.1) is 26.8 Å². The molecule has 0 aliphatic carbocycles. The third-order valence-electron chi connectivity index (χ3n) is 6.37. The highest BCUT2D eigenvalue weighted by atomic mass is 16.6. The van der Waals surface area contributed by atoms with Gasteiger partial charge in [-0.15, -0.1) is 0 Å². The number of rotatable bonds is 10. The molecule has 183 valence electrons. The molecule has 0 aromatic heterocycles. The highest BCUT2D eigenvalue weighted by Gasteiger charge is 2.45. The zero-order valence-corrected chi connectivity index (χ0v) is 20.1. The third-order valence-corrected chi connectivity index (χ3v) is 6.37. The van der Waals surface area contributed by atoms with E-state index in [4.69, 9.17) is 18.9 Å². The van der Waals surface area contributed by atoms with Gasteiger partial charge in [0.2, 0.25) is 7.41 Å². The van der Waals surface area contributed by atoms with Gasteiger partial charge in [0.15, 0.2) is 0 Å². The number of hydrogen-bond acceptors (Lipinski definition) is 7. The van der Waals surface area contributed by atoms with E-state index in [2.05, 4.69) is 5.23 Å². The molecule has 0 saturated carbocycles. The summed E-state index contributed by atoms with van der Waals surface area (Å²) in [5.74, 6) is 1.46. The molecule has 3 N–H and O–H groups in total. The Balaban J connectivity index is 1.79. The van der Waals surface area contributed by atoms with Crippen LogP contribution in [0.1, 0.15) is 16.7 Å². The molecular formula is C27H31BNO6. The first kappa shape index (κ1) is 25.2. The van der Waals surface area contributed by atoms with Crippen LogP contribution in [-0.2, 0) is 15.1 Å². The molecule has 1 heterocycles. The molecule has 35 heavy (non-hydrogen) atoms. The van der Waals surface area contributed by atoms with Crippen LogP contribution in [0.15, 0.2) is 78.9 Å². The topological polar surface area (TPSA) is 89.4 Å². The van der Waals surface area contributed by atoms with E-state index in [-0.39, 0.29) is 6.61 Å². The molecule has 3 aromatic carbocycles. The molecule has 1 fully saturated rings. The monoisotopic (exact) mass is 476 g/mol. The van der Waals surface area contributed by atoms with Gasteiger partial charge in [-0.1, -0.05) is 54.6 Å². The second-order valence-electron chi connectivity index (χ2n) is 8.39. The Morgan fingerprint density at radius 1 is 0.800 bits per heavy atom. The van der Waals surface area contributed by atoms with Crippen LogP contribution in [-0.4, -0.2) is 69.8 Å². The van der Waals surface area contributed by atoms with Crippen LogP contribution >= 0.6 is 0 Å². The first-order valence-corrected chi connectivity index (χ1v) is 11.5. The average molecular weight is 476 g/mol. The van der Waals surface area contributed by atoms with Crippen molar-refractivity contribution in [1.29, 1.82) is 0 Å². The predicted octanol–water partition coefficient (Wildman–Crippen LogP) is 2.30. The molecule has 0 spiro atoms. The van der Waals surface area contributed by atoms with Crippen molar-refractivity contribution in [2.75, 3.05) is 27.9 Å². The van der Waals surface area contributed by atoms with Crippen molar-refractivity contribution in [3.63, 3.8) is 0 Å². The Labute approximate surface area is 206 Å².